The molecule has 5 heteroatoms. The zero-order valence-corrected chi connectivity index (χ0v) is 14.7. The third-order valence-corrected chi connectivity index (χ3v) is 5.58. The van der Waals surface area contributed by atoms with Gasteiger partial charge in [0.05, 0.1) is 5.69 Å². The Morgan fingerprint density at radius 1 is 1.43 bits per heavy atom. The average molecular weight is 370 g/mol. The number of carbonyl (C=O) groups is 1. The normalized spacial score (nSPS) is 18.7. The number of benzene rings is 1. The highest BCUT2D eigenvalue weighted by Crippen LogP contribution is 2.35. The van der Waals surface area contributed by atoms with Gasteiger partial charge in [0.1, 0.15) is 0 Å². The van der Waals surface area contributed by atoms with Gasteiger partial charge in [0, 0.05) is 34.1 Å². The largest absolute Gasteiger partial charge is 0.478 e. The molecule has 1 aliphatic rings. The maximum absolute atomic E-state index is 10.6. The molecular weight excluding hydrogens is 350 g/mol. The quantitative estimate of drug-likeness (QED) is 0.807. The number of halogens is 1. The van der Waals surface area contributed by atoms with Gasteiger partial charge in [0.2, 0.25) is 0 Å². The van der Waals surface area contributed by atoms with Gasteiger partial charge in [-0.1, -0.05) is 19.9 Å². The van der Waals surface area contributed by atoms with Crippen molar-refractivity contribution < 1.29 is 9.90 Å². The standard InChI is InChI=1S/C16H20BrNO2S/c1-16(2)7-8-18(9-10-21-16)14-5-3-12(11-13(14)17)4-6-15(19)20/h3-6,11H,7-10H2,1-2H3,(H,19,20)/b6-4+. The lowest BCUT2D eigenvalue weighted by Crippen LogP contribution is -2.27. The van der Waals surface area contributed by atoms with Crippen LogP contribution in [0.3, 0.4) is 0 Å². The van der Waals surface area contributed by atoms with Crippen LogP contribution in [-0.4, -0.2) is 34.7 Å². The minimum Gasteiger partial charge on any atom is -0.478 e. The van der Waals surface area contributed by atoms with E-state index in [2.05, 4.69) is 40.7 Å². The Morgan fingerprint density at radius 2 is 2.19 bits per heavy atom. The molecule has 1 N–H and O–H groups in total. The summed E-state index contributed by atoms with van der Waals surface area (Å²) in [5, 5.41) is 8.67. The second-order valence-corrected chi connectivity index (χ2v) is 8.38. The van der Waals surface area contributed by atoms with Crippen LogP contribution in [0.25, 0.3) is 6.08 Å². The first kappa shape index (κ1) is 16.4. The minimum absolute atomic E-state index is 0.339. The Morgan fingerprint density at radius 3 is 2.86 bits per heavy atom. The summed E-state index contributed by atoms with van der Waals surface area (Å²) in [5.41, 5.74) is 2.07. The molecule has 1 heterocycles. The molecule has 21 heavy (non-hydrogen) atoms. The fraction of sp³-hybridized carbons (Fsp3) is 0.438. The van der Waals surface area contributed by atoms with Crippen LogP contribution in [0.1, 0.15) is 25.8 Å². The zero-order chi connectivity index (χ0) is 15.5. The van der Waals surface area contributed by atoms with Crippen molar-refractivity contribution in [3.05, 3.63) is 34.3 Å². The summed E-state index contributed by atoms with van der Waals surface area (Å²) in [6.45, 7) is 6.69. The summed E-state index contributed by atoms with van der Waals surface area (Å²) >= 11 is 5.64. The van der Waals surface area contributed by atoms with Crippen LogP contribution in [0, 0.1) is 0 Å². The van der Waals surface area contributed by atoms with E-state index in [0.29, 0.717) is 4.75 Å². The molecule has 0 bridgehead atoms. The third-order valence-electron chi connectivity index (χ3n) is 3.57. The van der Waals surface area contributed by atoms with Crippen molar-refractivity contribution in [2.24, 2.45) is 0 Å². The molecule has 0 unspecified atom stereocenters. The molecule has 0 saturated carbocycles. The van der Waals surface area contributed by atoms with E-state index < -0.39 is 5.97 Å². The van der Waals surface area contributed by atoms with E-state index in [0.717, 1.165) is 41.4 Å². The van der Waals surface area contributed by atoms with Gasteiger partial charge in [-0.15, -0.1) is 0 Å². The molecule has 0 amide bonds. The van der Waals surface area contributed by atoms with Gasteiger partial charge >= 0.3 is 5.97 Å². The summed E-state index contributed by atoms with van der Waals surface area (Å²) < 4.78 is 1.35. The predicted molar refractivity (Wildman–Crippen MR) is 94.2 cm³/mol. The van der Waals surface area contributed by atoms with E-state index in [4.69, 9.17) is 5.11 Å². The van der Waals surface area contributed by atoms with Gasteiger partial charge in [-0.05, 0) is 46.1 Å². The van der Waals surface area contributed by atoms with E-state index >= 15 is 0 Å². The van der Waals surface area contributed by atoms with Gasteiger partial charge in [-0.2, -0.15) is 11.8 Å². The van der Waals surface area contributed by atoms with Crippen LogP contribution in [0.5, 0.6) is 0 Å². The number of thioether (sulfide) groups is 1. The summed E-state index contributed by atoms with van der Waals surface area (Å²) in [7, 11) is 0. The molecule has 1 aromatic rings. The Labute approximate surface area is 138 Å². The highest BCUT2D eigenvalue weighted by molar-refractivity contribution is 9.10. The number of hydrogen-bond donors (Lipinski definition) is 1. The van der Waals surface area contributed by atoms with Crippen LogP contribution in [0.4, 0.5) is 5.69 Å². The smallest absolute Gasteiger partial charge is 0.328 e. The van der Waals surface area contributed by atoms with Gasteiger partial charge in [0.25, 0.3) is 0 Å². The number of rotatable bonds is 3. The highest BCUT2D eigenvalue weighted by Gasteiger charge is 2.24. The Kier molecular flexibility index (Phi) is 5.38. The van der Waals surface area contributed by atoms with E-state index in [9.17, 15) is 4.79 Å². The van der Waals surface area contributed by atoms with Crippen molar-refractivity contribution in [1.82, 2.24) is 0 Å². The van der Waals surface area contributed by atoms with Crippen molar-refractivity contribution in [2.45, 2.75) is 25.0 Å². The van der Waals surface area contributed by atoms with Crippen molar-refractivity contribution in [1.29, 1.82) is 0 Å². The summed E-state index contributed by atoms with van der Waals surface area (Å²) in [6, 6.07) is 6.00. The molecule has 1 fully saturated rings. The van der Waals surface area contributed by atoms with Crippen LogP contribution < -0.4 is 4.90 Å². The molecule has 114 valence electrons. The number of carboxylic acid groups (broad SMARTS) is 1. The lowest BCUT2D eigenvalue weighted by atomic mass is 10.1. The second-order valence-electron chi connectivity index (χ2n) is 5.73. The SMILES string of the molecule is CC1(C)CCN(c2ccc(/C=C/C(=O)O)cc2Br)CCS1. The second kappa shape index (κ2) is 6.88. The first-order valence-corrected chi connectivity index (χ1v) is 8.75. The van der Waals surface area contributed by atoms with E-state index in [1.165, 1.54) is 5.69 Å². The molecule has 0 atom stereocenters. The van der Waals surface area contributed by atoms with E-state index in [-0.39, 0.29) is 0 Å². The highest BCUT2D eigenvalue weighted by atomic mass is 79.9. The Hall–Kier alpha value is -0.940. The maximum atomic E-state index is 10.6. The van der Waals surface area contributed by atoms with Crippen LogP contribution in [0.2, 0.25) is 0 Å². The Balaban J connectivity index is 2.15. The molecule has 3 nitrogen and oxygen atoms in total. The van der Waals surface area contributed by atoms with Gasteiger partial charge in [0.15, 0.2) is 0 Å². The number of carboxylic acids is 1. The van der Waals surface area contributed by atoms with Crippen LogP contribution >= 0.6 is 27.7 Å². The lowest BCUT2D eigenvalue weighted by Gasteiger charge is -2.25. The van der Waals surface area contributed by atoms with Gasteiger partial charge in [-0.3, -0.25) is 0 Å². The maximum Gasteiger partial charge on any atom is 0.328 e. The molecule has 0 spiro atoms. The minimum atomic E-state index is -0.929. The van der Waals surface area contributed by atoms with E-state index in [1.54, 1.807) is 6.08 Å². The molecule has 1 aromatic carbocycles. The van der Waals surface area contributed by atoms with Crippen LogP contribution in [0.15, 0.2) is 28.7 Å². The number of hydrogen-bond acceptors (Lipinski definition) is 3. The molecule has 0 aromatic heterocycles. The number of anilines is 1. The summed E-state index contributed by atoms with van der Waals surface area (Å²) in [4.78, 5) is 13.0. The summed E-state index contributed by atoms with van der Waals surface area (Å²) in [6.07, 6.45) is 3.93. The fourth-order valence-electron chi connectivity index (χ4n) is 2.31. The van der Waals surface area contributed by atoms with Crippen molar-refractivity contribution in [3.8, 4) is 0 Å². The summed E-state index contributed by atoms with van der Waals surface area (Å²) in [5.74, 6) is 0.196. The third kappa shape index (κ3) is 4.78. The predicted octanol–water partition coefficient (Wildman–Crippen LogP) is 4.27. The van der Waals surface area contributed by atoms with Crippen molar-refractivity contribution >= 4 is 45.4 Å². The Bertz CT molecular complexity index is 557. The van der Waals surface area contributed by atoms with Crippen molar-refractivity contribution in [2.75, 3.05) is 23.7 Å². The monoisotopic (exact) mass is 369 g/mol. The molecule has 1 saturated heterocycles. The fourth-order valence-corrected chi connectivity index (χ4v) is 4.06. The molecule has 0 aliphatic carbocycles. The van der Waals surface area contributed by atoms with Gasteiger partial charge < -0.3 is 10.0 Å². The van der Waals surface area contributed by atoms with Crippen LogP contribution in [-0.2, 0) is 4.79 Å². The first-order chi connectivity index (χ1) is 9.87. The lowest BCUT2D eigenvalue weighted by molar-refractivity contribution is -0.131. The average Bonchev–Trinajstić information content (AvgIpc) is 2.58. The van der Waals surface area contributed by atoms with Gasteiger partial charge in [-0.25, -0.2) is 4.79 Å². The zero-order valence-electron chi connectivity index (χ0n) is 12.3. The molecule has 0 radical (unpaired) electrons. The molecule has 2 rings (SSSR count). The molecule has 1 aliphatic heterocycles. The number of aliphatic carboxylic acids is 1. The topological polar surface area (TPSA) is 40.5 Å². The first-order valence-electron chi connectivity index (χ1n) is 6.97. The van der Waals surface area contributed by atoms with Crippen molar-refractivity contribution in [3.63, 3.8) is 0 Å². The number of nitrogens with zero attached hydrogens (tertiary/aromatic N) is 1. The molecular formula is C16H20BrNO2S. The van der Waals surface area contributed by atoms with E-state index in [1.807, 2.05) is 23.9 Å².